The zero-order chi connectivity index (χ0) is 12.1. The summed E-state index contributed by atoms with van der Waals surface area (Å²) < 4.78 is 0. The van der Waals surface area contributed by atoms with E-state index in [1.807, 2.05) is 30.3 Å². The molecule has 3 heteroatoms. The highest BCUT2D eigenvalue weighted by molar-refractivity contribution is 6.47. The lowest BCUT2D eigenvalue weighted by molar-refractivity contribution is 0.0275. The quantitative estimate of drug-likeness (QED) is 0.747. The minimum atomic E-state index is 0.0515. The number of ketones is 1. The fourth-order valence-corrected chi connectivity index (χ4v) is 3.88. The molecule has 18 heavy (non-hydrogen) atoms. The highest BCUT2D eigenvalue weighted by atomic mass is 16.6. The minimum absolute atomic E-state index is 0.0515. The fraction of sp³-hybridized carbons (Fsp3) is 0.467. The Morgan fingerprint density at radius 3 is 2.78 bits per heavy atom. The van der Waals surface area contributed by atoms with Crippen LogP contribution in [0, 0.1) is 17.8 Å². The van der Waals surface area contributed by atoms with Crippen molar-refractivity contribution < 1.29 is 9.63 Å². The van der Waals surface area contributed by atoms with Gasteiger partial charge in [0.05, 0.1) is 5.92 Å². The largest absolute Gasteiger partial charge is 0.391 e. The summed E-state index contributed by atoms with van der Waals surface area (Å²) in [7, 11) is 0. The normalized spacial score (nSPS) is 36.1. The van der Waals surface area contributed by atoms with Crippen LogP contribution in [0.25, 0.3) is 0 Å². The summed E-state index contributed by atoms with van der Waals surface area (Å²) in [6.45, 7) is 0. The Hall–Kier alpha value is -1.64. The summed E-state index contributed by atoms with van der Waals surface area (Å²) in [4.78, 5) is 18.0. The molecule has 4 rings (SSSR count). The van der Waals surface area contributed by atoms with Crippen LogP contribution in [0.5, 0.6) is 0 Å². The molecule has 0 aromatic heterocycles. The summed E-state index contributed by atoms with van der Waals surface area (Å²) >= 11 is 0. The first kappa shape index (κ1) is 10.3. The van der Waals surface area contributed by atoms with Crippen molar-refractivity contribution in [2.24, 2.45) is 22.9 Å². The highest BCUT2D eigenvalue weighted by Gasteiger charge is 2.55. The molecule has 0 N–H and O–H groups in total. The van der Waals surface area contributed by atoms with E-state index >= 15 is 0 Å². The highest BCUT2D eigenvalue weighted by Crippen LogP contribution is 2.52. The third-order valence-corrected chi connectivity index (χ3v) is 4.70. The van der Waals surface area contributed by atoms with Gasteiger partial charge >= 0.3 is 0 Å². The maximum Gasteiger partial charge on any atom is 0.211 e. The van der Waals surface area contributed by atoms with Crippen LogP contribution in [0.1, 0.15) is 29.6 Å². The van der Waals surface area contributed by atoms with Gasteiger partial charge in [-0.25, -0.2) is 0 Å². The third-order valence-electron chi connectivity index (χ3n) is 4.70. The predicted molar refractivity (Wildman–Crippen MR) is 67.4 cm³/mol. The van der Waals surface area contributed by atoms with Crippen LogP contribution in [-0.4, -0.2) is 17.6 Å². The number of nitrogens with zero attached hydrogens (tertiary/aromatic N) is 1. The SMILES string of the molecule is O=C(C1=NO[C@@H]2[C@@H]3CC[C@H](C3)[C@H]12)c1ccccc1. The van der Waals surface area contributed by atoms with Gasteiger partial charge in [-0.15, -0.1) is 0 Å². The first-order valence-corrected chi connectivity index (χ1v) is 6.68. The van der Waals surface area contributed by atoms with Gasteiger partial charge in [0.2, 0.25) is 5.78 Å². The van der Waals surface area contributed by atoms with Crippen LogP contribution in [-0.2, 0) is 4.84 Å². The van der Waals surface area contributed by atoms with Crippen LogP contribution in [0.4, 0.5) is 0 Å². The molecular formula is C15H15NO2. The molecule has 0 saturated heterocycles. The molecule has 2 aliphatic carbocycles. The molecule has 1 aromatic carbocycles. The van der Waals surface area contributed by atoms with Gasteiger partial charge in [0, 0.05) is 5.56 Å². The van der Waals surface area contributed by atoms with Crippen molar-refractivity contribution in [1.29, 1.82) is 0 Å². The molecule has 0 unspecified atom stereocenters. The van der Waals surface area contributed by atoms with Gasteiger partial charge in [-0.3, -0.25) is 4.79 Å². The van der Waals surface area contributed by atoms with Crippen LogP contribution >= 0.6 is 0 Å². The second-order valence-electron chi connectivity index (χ2n) is 5.60. The van der Waals surface area contributed by atoms with Crippen LogP contribution in [0.2, 0.25) is 0 Å². The van der Waals surface area contributed by atoms with Gasteiger partial charge in [0.25, 0.3) is 0 Å². The number of hydrogen-bond acceptors (Lipinski definition) is 3. The second kappa shape index (κ2) is 3.67. The molecule has 2 saturated carbocycles. The fourth-order valence-electron chi connectivity index (χ4n) is 3.88. The smallest absolute Gasteiger partial charge is 0.211 e. The van der Waals surface area contributed by atoms with Crippen molar-refractivity contribution in [1.82, 2.24) is 0 Å². The Balaban J connectivity index is 1.65. The number of carbonyl (C=O) groups excluding carboxylic acids is 1. The van der Waals surface area contributed by atoms with Crippen LogP contribution in [0.3, 0.4) is 0 Å². The molecule has 4 atom stereocenters. The van der Waals surface area contributed by atoms with E-state index in [1.54, 1.807) is 0 Å². The van der Waals surface area contributed by atoms with Crippen molar-refractivity contribution in [2.45, 2.75) is 25.4 Å². The first-order chi connectivity index (χ1) is 8.84. The minimum Gasteiger partial charge on any atom is -0.391 e. The number of carbonyl (C=O) groups is 1. The van der Waals surface area contributed by atoms with Gasteiger partial charge in [0.15, 0.2) is 0 Å². The average molecular weight is 241 g/mol. The molecule has 0 radical (unpaired) electrons. The number of Topliss-reactive ketones (excluding diaryl/α,β-unsaturated/α-hetero) is 1. The van der Waals surface area contributed by atoms with Crippen molar-refractivity contribution in [3.05, 3.63) is 35.9 Å². The number of benzene rings is 1. The summed E-state index contributed by atoms with van der Waals surface area (Å²) in [5, 5.41) is 4.10. The van der Waals surface area contributed by atoms with E-state index in [2.05, 4.69) is 5.16 Å². The van der Waals surface area contributed by atoms with E-state index in [4.69, 9.17) is 4.84 Å². The molecule has 1 aliphatic heterocycles. The lowest BCUT2D eigenvalue weighted by Crippen LogP contribution is -2.33. The van der Waals surface area contributed by atoms with Gasteiger partial charge < -0.3 is 4.84 Å². The molecule has 3 aliphatic rings. The second-order valence-corrected chi connectivity index (χ2v) is 5.60. The van der Waals surface area contributed by atoms with E-state index in [0.717, 1.165) is 5.56 Å². The predicted octanol–water partition coefficient (Wildman–Crippen LogP) is 2.67. The van der Waals surface area contributed by atoms with Gasteiger partial charge in [0.1, 0.15) is 11.8 Å². The number of rotatable bonds is 2. The topological polar surface area (TPSA) is 38.7 Å². The summed E-state index contributed by atoms with van der Waals surface area (Å²) in [6, 6.07) is 9.41. The summed E-state index contributed by atoms with van der Waals surface area (Å²) in [6.07, 6.45) is 3.88. The molecule has 1 heterocycles. The molecule has 0 spiro atoms. The summed E-state index contributed by atoms with van der Waals surface area (Å²) in [5.74, 6) is 1.56. The lowest BCUT2D eigenvalue weighted by atomic mass is 9.81. The molecule has 1 aromatic rings. The Morgan fingerprint density at radius 1 is 1.17 bits per heavy atom. The van der Waals surface area contributed by atoms with E-state index in [-0.39, 0.29) is 17.8 Å². The number of fused-ring (bicyclic) bond motifs is 5. The van der Waals surface area contributed by atoms with E-state index in [1.165, 1.54) is 19.3 Å². The summed E-state index contributed by atoms with van der Waals surface area (Å²) in [5.41, 5.74) is 1.39. The van der Waals surface area contributed by atoms with Crippen molar-refractivity contribution in [2.75, 3.05) is 0 Å². The van der Waals surface area contributed by atoms with Gasteiger partial charge in [-0.05, 0) is 31.1 Å². The van der Waals surface area contributed by atoms with Crippen LogP contribution < -0.4 is 0 Å². The molecule has 3 nitrogen and oxygen atoms in total. The Morgan fingerprint density at radius 2 is 1.94 bits per heavy atom. The lowest BCUT2D eigenvalue weighted by Gasteiger charge is -2.22. The zero-order valence-electron chi connectivity index (χ0n) is 10.1. The first-order valence-electron chi connectivity index (χ1n) is 6.68. The standard InChI is InChI=1S/C15H15NO2/c17-14(9-4-2-1-3-5-9)13-12-10-6-7-11(8-10)15(12)18-16-13/h1-5,10-12,15H,6-8H2/t10-,11-,12-,15-/m1/s1. The molecular weight excluding hydrogens is 226 g/mol. The average Bonchev–Trinajstić information content (AvgIpc) is 3.11. The number of hydrogen-bond donors (Lipinski definition) is 0. The molecule has 0 amide bonds. The van der Waals surface area contributed by atoms with Crippen LogP contribution in [0.15, 0.2) is 35.5 Å². The third kappa shape index (κ3) is 1.30. The maximum atomic E-state index is 12.5. The van der Waals surface area contributed by atoms with Gasteiger partial charge in [-0.2, -0.15) is 0 Å². The van der Waals surface area contributed by atoms with E-state index < -0.39 is 0 Å². The molecule has 2 bridgehead atoms. The Bertz CT molecular complexity index is 523. The number of oxime groups is 1. The van der Waals surface area contributed by atoms with Crippen molar-refractivity contribution in [3.8, 4) is 0 Å². The van der Waals surface area contributed by atoms with Gasteiger partial charge in [-0.1, -0.05) is 35.5 Å². The molecule has 92 valence electrons. The van der Waals surface area contributed by atoms with E-state index in [0.29, 0.717) is 17.5 Å². The Kier molecular flexibility index (Phi) is 2.10. The monoisotopic (exact) mass is 241 g/mol. The van der Waals surface area contributed by atoms with E-state index in [9.17, 15) is 4.79 Å². The maximum absolute atomic E-state index is 12.5. The molecule has 2 fully saturated rings. The Labute approximate surface area is 106 Å². The van der Waals surface area contributed by atoms with Crippen molar-refractivity contribution >= 4 is 11.5 Å². The van der Waals surface area contributed by atoms with Crippen molar-refractivity contribution in [3.63, 3.8) is 0 Å². The zero-order valence-corrected chi connectivity index (χ0v) is 10.1.